The molecule has 82 valence electrons. The van der Waals surface area contributed by atoms with Gasteiger partial charge in [0.2, 0.25) is 0 Å². The molecular formula is C10H8Cl2F2O. The summed E-state index contributed by atoms with van der Waals surface area (Å²) in [7, 11) is 0. The predicted molar refractivity (Wildman–Crippen MR) is 55.7 cm³/mol. The lowest BCUT2D eigenvalue weighted by molar-refractivity contribution is 0.0981. The Morgan fingerprint density at radius 1 is 1.27 bits per heavy atom. The molecule has 0 spiro atoms. The van der Waals surface area contributed by atoms with E-state index in [1.54, 1.807) is 0 Å². The molecule has 0 aromatic heterocycles. The predicted octanol–water partition coefficient (Wildman–Crippen LogP) is 3.82. The lowest BCUT2D eigenvalue weighted by Crippen LogP contribution is -2.01. The second-order valence-electron chi connectivity index (χ2n) is 2.97. The van der Waals surface area contributed by atoms with Gasteiger partial charge in [-0.15, -0.1) is 11.6 Å². The quantitative estimate of drug-likeness (QED) is 0.453. The van der Waals surface area contributed by atoms with Gasteiger partial charge < -0.3 is 0 Å². The first-order valence-electron chi connectivity index (χ1n) is 4.30. The molecule has 0 radical (unpaired) electrons. The second kappa shape index (κ2) is 5.42. The molecule has 0 fully saturated rings. The van der Waals surface area contributed by atoms with E-state index in [0.29, 0.717) is 12.3 Å². The molecule has 0 saturated heterocycles. The highest BCUT2D eigenvalue weighted by molar-refractivity contribution is 6.31. The van der Waals surface area contributed by atoms with Crippen LogP contribution in [-0.2, 0) is 0 Å². The Morgan fingerprint density at radius 3 is 2.27 bits per heavy atom. The van der Waals surface area contributed by atoms with Gasteiger partial charge in [0.05, 0.1) is 0 Å². The van der Waals surface area contributed by atoms with E-state index in [2.05, 4.69) is 0 Å². The number of ketones is 1. The molecule has 0 aliphatic carbocycles. The molecule has 0 saturated carbocycles. The van der Waals surface area contributed by atoms with E-state index in [9.17, 15) is 13.6 Å². The Hall–Kier alpha value is -0.670. The van der Waals surface area contributed by atoms with Crippen molar-refractivity contribution in [1.82, 2.24) is 0 Å². The summed E-state index contributed by atoms with van der Waals surface area (Å²) in [6, 6.07) is 1.87. The first-order chi connectivity index (χ1) is 7.06. The van der Waals surface area contributed by atoms with Gasteiger partial charge >= 0.3 is 0 Å². The molecule has 0 unspecified atom stereocenters. The zero-order valence-electron chi connectivity index (χ0n) is 7.70. The summed E-state index contributed by atoms with van der Waals surface area (Å²) in [5.74, 6) is -1.86. The molecule has 0 atom stereocenters. The van der Waals surface area contributed by atoms with Gasteiger partial charge in [0.25, 0.3) is 0 Å². The third-order valence-electron chi connectivity index (χ3n) is 1.84. The largest absolute Gasteiger partial charge is 0.294 e. The molecule has 1 aromatic rings. The van der Waals surface area contributed by atoms with Crippen molar-refractivity contribution >= 4 is 29.0 Å². The Balaban J connectivity index is 2.91. The minimum absolute atomic E-state index is 0.0143. The minimum Gasteiger partial charge on any atom is -0.294 e. The molecule has 0 aliphatic rings. The summed E-state index contributed by atoms with van der Waals surface area (Å²) in [6.07, 6.45) is 0.649. The number of rotatable bonds is 4. The van der Waals surface area contributed by atoms with Crippen LogP contribution < -0.4 is 0 Å². The van der Waals surface area contributed by atoms with Gasteiger partial charge in [-0.25, -0.2) is 8.78 Å². The van der Waals surface area contributed by atoms with E-state index in [-0.39, 0.29) is 17.8 Å². The van der Waals surface area contributed by atoms with E-state index in [1.165, 1.54) is 0 Å². The summed E-state index contributed by atoms with van der Waals surface area (Å²) in [4.78, 5) is 11.4. The smallest absolute Gasteiger partial charge is 0.163 e. The van der Waals surface area contributed by atoms with Crippen LogP contribution in [0.1, 0.15) is 23.2 Å². The highest BCUT2D eigenvalue weighted by Crippen LogP contribution is 2.21. The third-order valence-corrected chi connectivity index (χ3v) is 2.47. The van der Waals surface area contributed by atoms with Crippen molar-refractivity contribution in [2.24, 2.45) is 0 Å². The maximum absolute atomic E-state index is 13.0. The number of benzene rings is 1. The number of alkyl halides is 1. The number of carbonyl (C=O) groups excluding carboxylic acids is 1. The van der Waals surface area contributed by atoms with Crippen LogP contribution in [0, 0.1) is 11.6 Å². The van der Waals surface area contributed by atoms with Crippen LogP contribution in [0.3, 0.4) is 0 Å². The maximum Gasteiger partial charge on any atom is 0.163 e. The minimum atomic E-state index is -0.925. The number of Topliss-reactive ketones (excluding diaryl/α,β-unsaturated/α-hetero) is 1. The van der Waals surface area contributed by atoms with E-state index >= 15 is 0 Å². The third kappa shape index (κ3) is 3.14. The highest BCUT2D eigenvalue weighted by Gasteiger charge is 2.13. The average molecular weight is 253 g/mol. The van der Waals surface area contributed by atoms with Gasteiger partial charge in [-0.2, -0.15) is 0 Å². The lowest BCUT2D eigenvalue weighted by atomic mass is 10.1. The number of hydrogen-bond donors (Lipinski definition) is 0. The number of hydrogen-bond acceptors (Lipinski definition) is 1. The number of carbonyl (C=O) groups is 1. The van der Waals surface area contributed by atoms with Gasteiger partial charge in [-0.05, 0) is 18.6 Å². The molecule has 0 aliphatic heterocycles. The van der Waals surface area contributed by atoms with Crippen LogP contribution >= 0.6 is 23.2 Å². The fraction of sp³-hybridized carbons (Fsp3) is 0.300. The molecule has 1 aromatic carbocycles. The van der Waals surface area contributed by atoms with Crippen LogP contribution in [0.25, 0.3) is 0 Å². The summed E-state index contributed by atoms with van der Waals surface area (Å²) in [5.41, 5.74) is -0.0143. The summed E-state index contributed by atoms with van der Waals surface area (Å²) >= 11 is 10.7. The second-order valence-corrected chi connectivity index (χ2v) is 3.73. The Labute approximate surface area is 96.0 Å². The van der Waals surface area contributed by atoms with Gasteiger partial charge in [0, 0.05) is 17.9 Å². The van der Waals surface area contributed by atoms with Crippen LogP contribution in [0.4, 0.5) is 8.78 Å². The summed E-state index contributed by atoms with van der Waals surface area (Å²) in [5, 5.41) is -0.594. The van der Waals surface area contributed by atoms with Gasteiger partial charge in [-0.1, -0.05) is 11.6 Å². The van der Waals surface area contributed by atoms with Crippen molar-refractivity contribution in [3.05, 3.63) is 34.4 Å². The Bertz CT molecular complexity index is 357. The van der Waals surface area contributed by atoms with Crippen molar-refractivity contribution < 1.29 is 13.6 Å². The topological polar surface area (TPSA) is 17.1 Å². The standard InChI is InChI=1S/C10H8Cl2F2O/c11-3-1-2-9(15)6-4-7(13)10(12)8(14)5-6/h4-5H,1-3H2. The van der Waals surface area contributed by atoms with Gasteiger partial charge in [-0.3, -0.25) is 4.79 Å². The number of halogens is 4. The van der Waals surface area contributed by atoms with Crippen LogP contribution in [0.15, 0.2) is 12.1 Å². The van der Waals surface area contributed by atoms with E-state index in [4.69, 9.17) is 23.2 Å². The zero-order chi connectivity index (χ0) is 11.4. The lowest BCUT2D eigenvalue weighted by Gasteiger charge is -2.02. The first-order valence-corrected chi connectivity index (χ1v) is 5.21. The molecule has 5 heteroatoms. The fourth-order valence-corrected chi connectivity index (χ4v) is 1.33. The maximum atomic E-state index is 13.0. The van der Waals surface area contributed by atoms with Crippen molar-refractivity contribution in [1.29, 1.82) is 0 Å². The molecule has 0 amide bonds. The van der Waals surface area contributed by atoms with E-state index in [0.717, 1.165) is 12.1 Å². The van der Waals surface area contributed by atoms with Crippen LogP contribution in [-0.4, -0.2) is 11.7 Å². The van der Waals surface area contributed by atoms with E-state index < -0.39 is 16.7 Å². The molecule has 15 heavy (non-hydrogen) atoms. The van der Waals surface area contributed by atoms with E-state index in [1.807, 2.05) is 0 Å². The SMILES string of the molecule is O=C(CCCCl)c1cc(F)c(Cl)c(F)c1. The average Bonchev–Trinajstić information content (AvgIpc) is 2.21. The molecule has 1 rings (SSSR count). The molecule has 0 N–H and O–H groups in total. The monoisotopic (exact) mass is 252 g/mol. The zero-order valence-corrected chi connectivity index (χ0v) is 9.21. The Kier molecular flexibility index (Phi) is 4.48. The fourth-order valence-electron chi connectivity index (χ4n) is 1.09. The van der Waals surface area contributed by atoms with Crippen LogP contribution in [0.5, 0.6) is 0 Å². The summed E-state index contributed by atoms with van der Waals surface area (Å²) < 4.78 is 25.9. The molecule has 1 nitrogen and oxygen atoms in total. The van der Waals surface area contributed by atoms with Crippen molar-refractivity contribution in [3.8, 4) is 0 Å². The first kappa shape index (κ1) is 12.4. The molecular weight excluding hydrogens is 245 g/mol. The summed E-state index contributed by atoms with van der Waals surface area (Å²) in [6.45, 7) is 0. The highest BCUT2D eigenvalue weighted by atomic mass is 35.5. The van der Waals surface area contributed by atoms with Crippen molar-refractivity contribution in [2.45, 2.75) is 12.8 Å². The van der Waals surface area contributed by atoms with Gasteiger partial charge in [0.1, 0.15) is 16.7 Å². The normalized spacial score (nSPS) is 10.4. The van der Waals surface area contributed by atoms with Gasteiger partial charge in [0.15, 0.2) is 5.78 Å². The molecule has 0 heterocycles. The molecule has 0 bridgehead atoms. The van der Waals surface area contributed by atoms with Crippen LogP contribution in [0.2, 0.25) is 5.02 Å². The van der Waals surface area contributed by atoms with Crippen molar-refractivity contribution in [3.63, 3.8) is 0 Å². The van der Waals surface area contributed by atoms with Crippen molar-refractivity contribution in [2.75, 3.05) is 5.88 Å². The Morgan fingerprint density at radius 2 is 1.80 bits per heavy atom.